The van der Waals surface area contributed by atoms with Crippen molar-refractivity contribution in [2.24, 2.45) is 0 Å². The van der Waals surface area contributed by atoms with E-state index in [1.165, 1.54) is 11.3 Å². The maximum absolute atomic E-state index is 12.3. The Hall–Kier alpha value is -2.84. The molecule has 1 N–H and O–H groups in total. The number of nitrogens with one attached hydrogen (secondary N) is 1. The van der Waals surface area contributed by atoms with Crippen molar-refractivity contribution in [1.82, 2.24) is 15.0 Å². The molecule has 0 aliphatic heterocycles. The molecular formula is C21H21N5OS2. The highest BCUT2D eigenvalue weighted by atomic mass is 32.1. The van der Waals surface area contributed by atoms with Crippen molar-refractivity contribution in [3.05, 3.63) is 53.3 Å². The van der Waals surface area contributed by atoms with E-state index in [0.717, 1.165) is 37.0 Å². The molecule has 1 amide bonds. The number of carbonyl (C=O) groups is 1. The van der Waals surface area contributed by atoms with Crippen LogP contribution >= 0.6 is 22.7 Å². The highest BCUT2D eigenvalue weighted by Gasteiger charge is 2.15. The molecule has 3 aromatic heterocycles. The van der Waals surface area contributed by atoms with Gasteiger partial charge in [0, 0.05) is 29.8 Å². The van der Waals surface area contributed by atoms with E-state index >= 15 is 0 Å². The molecule has 148 valence electrons. The zero-order valence-electron chi connectivity index (χ0n) is 16.5. The van der Waals surface area contributed by atoms with Crippen LogP contribution in [0, 0.1) is 13.8 Å². The van der Waals surface area contributed by atoms with Crippen LogP contribution in [-0.2, 0) is 4.79 Å². The maximum atomic E-state index is 12.3. The molecule has 6 nitrogen and oxygen atoms in total. The number of rotatable bonds is 6. The van der Waals surface area contributed by atoms with E-state index < -0.39 is 0 Å². The minimum Gasteiger partial charge on any atom is -0.359 e. The Labute approximate surface area is 177 Å². The second-order valence-electron chi connectivity index (χ2n) is 6.77. The number of aromatic nitrogens is 3. The topological polar surface area (TPSA) is 71.0 Å². The van der Waals surface area contributed by atoms with Gasteiger partial charge in [0.2, 0.25) is 5.91 Å². The van der Waals surface area contributed by atoms with Crippen molar-refractivity contribution in [1.29, 1.82) is 0 Å². The highest BCUT2D eigenvalue weighted by molar-refractivity contribution is 7.21. The molecule has 3 heterocycles. The standard InChI is InChI=1S/C21H21N5OS2/c1-13-14(2)28-21(24-13)25-18(27)9-10-26(3)19-16-11-17(15-7-5-4-6-8-15)29-20(16)23-12-22-19/h4-8,11-12H,9-10H2,1-3H3,(H,24,25,27). The zero-order valence-corrected chi connectivity index (χ0v) is 18.1. The largest absolute Gasteiger partial charge is 0.359 e. The number of carbonyl (C=O) groups excluding carboxylic acids is 1. The number of thiazole rings is 1. The van der Waals surface area contributed by atoms with Crippen LogP contribution in [0.1, 0.15) is 17.0 Å². The van der Waals surface area contributed by atoms with Gasteiger partial charge >= 0.3 is 0 Å². The summed E-state index contributed by atoms with van der Waals surface area (Å²) < 4.78 is 0. The van der Waals surface area contributed by atoms with E-state index in [1.54, 1.807) is 17.7 Å². The lowest BCUT2D eigenvalue weighted by Crippen LogP contribution is -2.24. The summed E-state index contributed by atoms with van der Waals surface area (Å²) in [6.07, 6.45) is 1.94. The summed E-state index contributed by atoms with van der Waals surface area (Å²) in [6, 6.07) is 12.4. The van der Waals surface area contributed by atoms with Crippen LogP contribution in [0.25, 0.3) is 20.7 Å². The molecule has 0 unspecified atom stereocenters. The van der Waals surface area contributed by atoms with E-state index in [-0.39, 0.29) is 5.91 Å². The van der Waals surface area contributed by atoms with E-state index in [0.29, 0.717) is 18.1 Å². The Balaban J connectivity index is 1.47. The van der Waals surface area contributed by atoms with Gasteiger partial charge in [-0.15, -0.1) is 22.7 Å². The van der Waals surface area contributed by atoms with Gasteiger partial charge in [-0.25, -0.2) is 15.0 Å². The normalized spacial score (nSPS) is 11.0. The monoisotopic (exact) mass is 423 g/mol. The summed E-state index contributed by atoms with van der Waals surface area (Å²) in [6.45, 7) is 4.50. The van der Waals surface area contributed by atoms with Gasteiger partial charge in [-0.05, 0) is 25.5 Å². The van der Waals surface area contributed by atoms with Crippen LogP contribution < -0.4 is 10.2 Å². The molecule has 8 heteroatoms. The molecule has 0 saturated carbocycles. The van der Waals surface area contributed by atoms with E-state index in [2.05, 4.69) is 38.5 Å². The Kier molecular flexibility index (Phi) is 5.55. The molecule has 4 aromatic rings. The van der Waals surface area contributed by atoms with Crippen LogP contribution in [-0.4, -0.2) is 34.5 Å². The van der Waals surface area contributed by atoms with Crippen LogP contribution in [0.5, 0.6) is 0 Å². The Morgan fingerprint density at radius 2 is 1.93 bits per heavy atom. The third-order valence-electron chi connectivity index (χ3n) is 4.68. The molecule has 0 radical (unpaired) electrons. The molecule has 0 aliphatic carbocycles. The van der Waals surface area contributed by atoms with Crippen LogP contribution in [0.3, 0.4) is 0 Å². The minimum absolute atomic E-state index is 0.0498. The number of aryl methyl sites for hydroxylation is 2. The van der Waals surface area contributed by atoms with Gasteiger partial charge in [0.1, 0.15) is 17.0 Å². The van der Waals surface area contributed by atoms with Crippen molar-refractivity contribution in [3.8, 4) is 10.4 Å². The molecule has 1 aromatic carbocycles. The fourth-order valence-electron chi connectivity index (χ4n) is 2.98. The summed E-state index contributed by atoms with van der Waals surface area (Å²) >= 11 is 3.15. The third kappa shape index (κ3) is 4.28. The number of amides is 1. The molecule has 29 heavy (non-hydrogen) atoms. The predicted octanol–water partition coefficient (Wildman–Crippen LogP) is 4.90. The van der Waals surface area contributed by atoms with Crippen LogP contribution in [0.2, 0.25) is 0 Å². The summed E-state index contributed by atoms with van der Waals surface area (Å²) in [4.78, 5) is 30.8. The molecule has 0 bridgehead atoms. The van der Waals surface area contributed by atoms with Gasteiger partial charge < -0.3 is 10.2 Å². The van der Waals surface area contributed by atoms with Crippen molar-refractivity contribution < 1.29 is 4.79 Å². The van der Waals surface area contributed by atoms with E-state index in [9.17, 15) is 4.79 Å². The average Bonchev–Trinajstić information content (AvgIpc) is 3.29. The van der Waals surface area contributed by atoms with Gasteiger partial charge in [-0.3, -0.25) is 4.79 Å². The number of thiophene rings is 1. The fourth-order valence-corrected chi connectivity index (χ4v) is 4.80. The van der Waals surface area contributed by atoms with Crippen LogP contribution in [0.4, 0.5) is 10.9 Å². The molecule has 0 aliphatic rings. The fraction of sp³-hybridized carbons (Fsp3) is 0.238. The van der Waals surface area contributed by atoms with Crippen molar-refractivity contribution in [3.63, 3.8) is 0 Å². The predicted molar refractivity (Wildman–Crippen MR) is 121 cm³/mol. The zero-order chi connectivity index (χ0) is 20.4. The average molecular weight is 424 g/mol. The molecule has 0 saturated heterocycles. The number of anilines is 2. The summed E-state index contributed by atoms with van der Waals surface area (Å²) in [5.41, 5.74) is 2.12. The first-order valence-corrected chi connectivity index (χ1v) is 10.9. The van der Waals surface area contributed by atoms with Gasteiger partial charge in [0.15, 0.2) is 5.13 Å². The molecule has 0 spiro atoms. The first-order chi connectivity index (χ1) is 14.0. The summed E-state index contributed by atoms with van der Waals surface area (Å²) in [5, 5.41) is 4.54. The smallest absolute Gasteiger partial charge is 0.227 e. The van der Waals surface area contributed by atoms with Gasteiger partial charge in [-0.1, -0.05) is 30.3 Å². The lowest BCUT2D eigenvalue weighted by molar-refractivity contribution is -0.116. The molecule has 4 rings (SSSR count). The van der Waals surface area contributed by atoms with Gasteiger partial charge in [0.25, 0.3) is 0 Å². The van der Waals surface area contributed by atoms with Crippen molar-refractivity contribution in [2.45, 2.75) is 20.3 Å². The van der Waals surface area contributed by atoms with Crippen molar-refractivity contribution in [2.75, 3.05) is 23.8 Å². The van der Waals surface area contributed by atoms with E-state index in [1.807, 2.05) is 44.0 Å². The molecule has 0 atom stereocenters. The first-order valence-electron chi connectivity index (χ1n) is 9.26. The lowest BCUT2D eigenvalue weighted by Gasteiger charge is -2.18. The second kappa shape index (κ2) is 8.26. The first kappa shape index (κ1) is 19.5. The quantitative estimate of drug-likeness (QED) is 0.478. The molecule has 0 fully saturated rings. The van der Waals surface area contributed by atoms with Crippen molar-refractivity contribution >= 4 is 49.7 Å². The summed E-state index contributed by atoms with van der Waals surface area (Å²) in [7, 11) is 1.95. The highest BCUT2D eigenvalue weighted by Crippen LogP contribution is 2.35. The maximum Gasteiger partial charge on any atom is 0.227 e. The van der Waals surface area contributed by atoms with E-state index in [4.69, 9.17) is 0 Å². The number of fused-ring (bicyclic) bond motifs is 1. The SMILES string of the molecule is Cc1nc(NC(=O)CCN(C)c2ncnc3sc(-c4ccccc4)cc23)sc1C. The molecular weight excluding hydrogens is 402 g/mol. The number of hydrogen-bond acceptors (Lipinski definition) is 7. The Morgan fingerprint density at radius 3 is 2.66 bits per heavy atom. The Morgan fingerprint density at radius 1 is 1.14 bits per heavy atom. The van der Waals surface area contributed by atoms with Crippen LogP contribution in [0.15, 0.2) is 42.7 Å². The second-order valence-corrected chi connectivity index (χ2v) is 9.01. The number of benzene rings is 1. The Bertz CT molecular complexity index is 1130. The number of hydrogen-bond donors (Lipinski definition) is 1. The minimum atomic E-state index is -0.0498. The van der Waals surface area contributed by atoms with Gasteiger partial charge in [-0.2, -0.15) is 0 Å². The third-order valence-corrected chi connectivity index (χ3v) is 6.76. The lowest BCUT2D eigenvalue weighted by atomic mass is 10.2. The number of nitrogens with zero attached hydrogens (tertiary/aromatic N) is 4. The summed E-state index contributed by atoms with van der Waals surface area (Å²) in [5.74, 6) is 0.786. The van der Waals surface area contributed by atoms with Gasteiger partial charge in [0.05, 0.1) is 11.1 Å².